The molecule has 2 rings (SSSR count). The topological polar surface area (TPSA) is 89.6 Å². The maximum Gasteiger partial charge on any atom is 0.182 e. The van der Waals surface area contributed by atoms with Crippen LogP contribution in [0.5, 0.6) is 0 Å². The van der Waals surface area contributed by atoms with E-state index in [0.29, 0.717) is 23.3 Å². The van der Waals surface area contributed by atoms with Crippen LogP contribution in [0.2, 0.25) is 0 Å². The lowest BCUT2D eigenvalue weighted by Crippen LogP contribution is -2.11. The average molecular weight is 244 g/mol. The van der Waals surface area contributed by atoms with Crippen molar-refractivity contribution < 1.29 is 0 Å². The van der Waals surface area contributed by atoms with Crippen LogP contribution in [-0.4, -0.2) is 19.9 Å². The number of hydrogen-bond acceptors (Lipinski definition) is 6. The van der Waals surface area contributed by atoms with Crippen LogP contribution in [0, 0.1) is 5.92 Å². The predicted octanol–water partition coefficient (Wildman–Crippen LogP) is 1.42. The van der Waals surface area contributed by atoms with Crippen molar-refractivity contribution in [2.75, 3.05) is 5.43 Å². The molecular formula is C12H16N6. The first-order chi connectivity index (χ1) is 8.69. The largest absolute Gasteiger partial charge is 0.308 e. The Hall–Kier alpha value is -2.08. The number of anilines is 1. The van der Waals surface area contributed by atoms with Crippen molar-refractivity contribution in [3.63, 3.8) is 0 Å². The van der Waals surface area contributed by atoms with Gasteiger partial charge in [0.2, 0.25) is 0 Å². The lowest BCUT2D eigenvalue weighted by Gasteiger charge is -2.08. The molecule has 0 aliphatic heterocycles. The summed E-state index contributed by atoms with van der Waals surface area (Å²) >= 11 is 0. The number of hydrogen-bond donors (Lipinski definition) is 2. The Morgan fingerprint density at radius 3 is 2.72 bits per heavy atom. The molecule has 0 fully saturated rings. The van der Waals surface area contributed by atoms with Gasteiger partial charge in [-0.2, -0.15) is 0 Å². The Kier molecular flexibility index (Phi) is 3.78. The highest BCUT2D eigenvalue weighted by atomic mass is 15.3. The van der Waals surface area contributed by atoms with Gasteiger partial charge in [0.05, 0.1) is 6.20 Å². The van der Waals surface area contributed by atoms with Gasteiger partial charge in [-0.1, -0.05) is 13.8 Å². The second kappa shape index (κ2) is 5.50. The molecule has 0 aliphatic carbocycles. The number of nitrogens with zero attached hydrogens (tertiary/aromatic N) is 4. The van der Waals surface area contributed by atoms with Crippen LogP contribution >= 0.6 is 0 Å². The quantitative estimate of drug-likeness (QED) is 0.624. The fourth-order valence-electron chi connectivity index (χ4n) is 1.62. The smallest absolute Gasteiger partial charge is 0.182 e. The van der Waals surface area contributed by atoms with Gasteiger partial charge in [0.1, 0.15) is 11.5 Å². The summed E-state index contributed by atoms with van der Waals surface area (Å²) < 4.78 is 0. The summed E-state index contributed by atoms with van der Waals surface area (Å²) in [7, 11) is 0. The Labute approximate surface area is 106 Å². The molecule has 6 nitrogen and oxygen atoms in total. The first kappa shape index (κ1) is 12.4. The van der Waals surface area contributed by atoms with Crippen LogP contribution in [0.3, 0.4) is 0 Å². The number of hydrazine groups is 1. The highest BCUT2D eigenvalue weighted by Gasteiger charge is 2.08. The fourth-order valence-corrected chi connectivity index (χ4v) is 1.62. The third kappa shape index (κ3) is 2.98. The van der Waals surface area contributed by atoms with Gasteiger partial charge >= 0.3 is 0 Å². The van der Waals surface area contributed by atoms with Crippen LogP contribution in [0.25, 0.3) is 11.5 Å². The SMILES string of the molecule is CC(C)Cc1cc(NN)nc(-c2cnccn2)n1. The third-order valence-corrected chi connectivity index (χ3v) is 2.34. The minimum atomic E-state index is 0.514. The molecule has 94 valence electrons. The van der Waals surface area contributed by atoms with Crippen molar-refractivity contribution in [3.8, 4) is 11.5 Å². The van der Waals surface area contributed by atoms with E-state index in [2.05, 4.69) is 39.2 Å². The van der Waals surface area contributed by atoms with Crippen molar-refractivity contribution in [1.29, 1.82) is 0 Å². The fraction of sp³-hybridized carbons (Fsp3) is 0.333. The standard InChI is InChI=1S/C12H16N6/c1-8(2)5-9-6-11(18-13)17-12(16-9)10-7-14-3-4-15-10/h3-4,6-8H,5,13H2,1-2H3,(H,16,17,18). The van der Waals surface area contributed by atoms with E-state index in [4.69, 9.17) is 5.84 Å². The lowest BCUT2D eigenvalue weighted by molar-refractivity contribution is 0.634. The van der Waals surface area contributed by atoms with Crippen LogP contribution in [-0.2, 0) is 6.42 Å². The van der Waals surface area contributed by atoms with Gasteiger partial charge < -0.3 is 5.43 Å². The zero-order valence-corrected chi connectivity index (χ0v) is 10.5. The maximum absolute atomic E-state index is 5.42. The van der Waals surface area contributed by atoms with Gasteiger partial charge in [-0.05, 0) is 12.3 Å². The molecule has 0 unspecified atom stereocenters. The van der Waals surface area contributed by atoms with E-state index in [1.807, 2.05) is 6.07 Å². The van der Waals surface area contributed by atoms with Crippen LogP contribution in [0.4, 0.5) is 5.82 Å². The summed E-state index contributed by atoms with van der Waals surface area (Å²) in [5, 5.41) is 0. The van der Waals surface area contributed by atoms with Gasteiger partial charge in [-0.3, -0.25) is 4.98 Å². The molecule has 3 N–H and O–H groups in total. The first-order valence-corrected chi connectivity index (χ1v) is 5.80. The number of rotatable bonds is 4. The van der Waals surface area contributed by atoms with Crippen LogP contribution in [0.15, 0.2) is 24.7 Å². The van der Waals surface area contributed by atoms with Gasteiger partial charge in [-0.15, -0.1) is 0 Å². The minimum Gasteiger partial charge on any atom is -0.308 e. The summed E-state index contributed by atoms with van der Waals surface area (Å²) in [6.07, 6.45) is 5.73. The van der Waals surface area contributed by atoms with Crippen LogP contribution in [0.1, 0.15) is 19.5 Å². The van der Waals surface area contributed by atoms with Gasteiger partial charge in [0, 0.05) is 24.2 Å². The number of nitrogens with one attached hydrogen (secondary N) is 1. The summed E-state index contributed by atoms with van der Waals surface area (Å²) in [4.78, 5) is 17.0. The average Bonchev–Trinajstić information content (AvgIpc) is 2.38. The maximum atomic E-state index is 5.42. The highest BCUT2D eigenvalue weighted by molar-refractivity contribution is 5.51. The Bertz CT molecular complexity index is 511. The number of nitrogens with two attached hydrogens (primary N) is 1. The number of nitrogen functional groups attached to an aromatic ring is 1. The molecule has 0 aliphatic rings. The Morgan fingerprint density at radius 1 is 1.28 bits per heavy atom. The van der Waals surface area contributed by atoms with Gasteiger partial charge in [0.25, 0.3) is 0 Å². The van der Waals surface area contributed by atoms with E-state index in [1.54, 1.807) is 18.6 Å². The Balaban J connectivity index is 2.41. The van der Waals surface area contributed by atoms with Crippen molar-refractivity contribution in [2.45, 2.75) is 20.3 Å². The molecule has 0 saturated carbocycles. The molecule has 0 bridgehead atoms. The first-order valence-electron chi connectivity index (χ1n) is 5.80. The van der Waals surface area contributed by atoms with E-state index in [9.17, 15) is 0 Å². The van der Waals surface area contributed by atoms with E-state index < -0.39 is 0 Å². The predicted molar refractivity (Wildman–Crippen MR) is 69.4 cm³/mol. The zero-order chi connectivity index (χ0) is 13.0. The molecule has 0 radical (unpaired) electrons. The normalized spacial score (nSPS) is 10.7. The molecular weight excluding hydrogens is 228 g/mol. The van der Waals surface area contributed by atoms with E-state index in [-0.39, 0.29) is 0 Å². The summed E-state index contributed by atoms with van der Waals surface area (Å²) in [6, 6.07) is 1.85. The second-order valence-corrected chi connectivity index (χ2v) is 4.40. The number of aromatic nitrogens is 4. The molecule has 0 aromatic carbocycles. The molecule has 18 heavy (non-hydrogen) atoms. The molecule has 0 spiro atoms. The molecule has 6 heteroatoms. The lowest BCUT2D eigenvalue weighted by atomic mass is 10.1. The molecule has 0 saturated heterocycles. The molecule has 0 amide bonds. The molecule has 2 aromatic heterocycles. The third-order valence-electron chi connectivity index (χ3n) is 2.34. The molecule has 0 atom stereocenters. The van der Waals surface area contributed by atoms with Crippen molar-refractivity contribution in [1.82, 2.24) is 19.9 Å². The van der Waals surface area contributed by atoms with E-state index in [0.717, 1.165) is 12.1 Å². The highest BCUT2D eigenvalue weighted by Crippen LogP contribution is 2.16. The second-order valence-electron chi connectivity index (χ2n) is 4.40. The summed E-state index contributed by atoms with van der Waals surface area (Å²) in [5.74, 6) is 7.06. The van der Waals surface area contributed by atoms with Crippen molar-refractivity contribution in [3.05, 3.63) is 30.4 Å². The monoisotopic (exact) mass is 244 g/mol. The van der Waals surface area contributed by atoms with E-state index in [1.165, 1.54) is 0 Å². The zero-order valence-electron chi connectivity index (χ0n) is 10.5. The molecule has 2 heterocycles. The van der Waals surface area contributed by atoms with E-state index >= 15 is 0 Å². The summed E-state index contributed by atoms with van der Waals surface area (Å²) in [6.45, 7) is 4.28. The molecule has 2 aromatic rings. The van der Waals surface area contributed by atoms with Crippen LogP contribution < -0.4 is 11.3 Å². The van der Waals surface area contributed by atoms with Crippen molar-refractivity contribution in [2.24, 2.45) is 11.8 Å². The van der Waals surface area contributed by atoms with Crippen molar-refractivity contribution >= 4 is 5.82 Å². The van der Waals surface area contributed by atoms with Gasteiger partial charge in [-0.25, -0.2) is 20.8 Å². The van der Waals surface area contributed by atoms with Gasteiger partial charge in [0.15, 0.2) is 5.82 Å². The minimum absolute atomic E-state index is 0.514. The Morgan fingerprint density at radius 2 is 2.11 bits per heavy atom. The summed E-state index contributed by atoms with van der Waals surface area (Å²) in [5.41, 5.74) is 4.13.